The van der Waals surface area contributed by atoms with Crippen LogP contribution in [0.25, 0.3) is 0 Å². The Kier molecular flexibility index (Phi) is 3.84. The van der Waals surface area contributed by atoms with Crippen molar-refractivity contribution in [2.75, 3.05) is 0 Å². The average Bonchev–Trinajstić information content (AvgIpc) is 2.41. The maximum Gasteiger partial charge on any atom is 0.137 e. The molecule has 1 unspecified atom stereocenters. The lowest BCUT2D eigenvalue weighted by Gasteiger charge is -2.30. The van der Waals surface area contributed by atoms with Crippen LogP contribution in [-0.4, -0.2) is 0 Å². The first kappa shape index (κ1) is 14.0. The van der Waals surface area contributed by atoms with Crippen LogP contribution in [0.5, 0.6) is 5.75 Å². The van der Waals surface area contributed by atoms with Gasteiger partial charge in [-0.3, -0.25) is 0 Å². The summed E-state index contributed by atoms with van der Waals surface area (Å²) >= 11 is 6.57. The van der Waals surface area contributed by atoms with E-state index in [1.807, 2.05) is 24.3 Å². The lowest BCUT2D eigenvalue weighted by molar-refractivity contribution is 0.161. The predicted octanol–water partition coefficient (Wildman–Crippen LogP) is 4.87. The van der Waals surface area contributed by atoms with Gasteiger partial charge in [-0.2, -0.15) is 0 Å². The van der Waals surface area contributed by atoms with Gasteiger partial charge >= 0.3 is 0 Å². The van der Waals surface area contributed by atoms with E-state index >= 15 is 0 Å². The molecule has 1 aliphatic rings. The van der Waals surface area contributed by atoms with Crippen LogP contribution in [0.1, 0.15) is 29.7 Å². The maximum absolute atomic E-state index is 13.7. The number of hydrogen-bond donors (Lipinski definition) is 1. The molecule has 2 nitrogen and oxygen atoms in total. The number of halogens is 3. The lowest BCUT2D eigenvalue weighted by Crippen LogP contribution is -2.24. The van der Waals surface area contributed by atoms with Gasteiger partial charge in [-0.15, -0.1) is 0 Å². The van der Waals surface area contributed by atoms with E-state index in [9.17, 15) is 4.39 Å². The molecular weight excluding hydrogens is 389 g/mol. The molecule has 0 bridgehead atoms. The third-order valence-electron chi connectivity index (χ3n) is 3.43. The third-order valence-corrected chi connectivity index (χ3v) is 4.56. The van der Waals surface area contributed by atoms with E-state index in [1.54, 1.807) is 6.07 Å². The molecular formula is C15H12Br2FNO. The second-order valence-electron chi connectivity index (χ2n) is 4.80. The summed E-state index contributed by atoms with van der Waals surface area (Å²) < 4.78 is 21.0. The zero-order valence-corrected chi connectivity index (χ0v) is 13.6. The van der Waals surface area contributed by atoms with E-state index < -0.39 is 0 Å². The topological polar surface area (TPSA) is 35.2 Å². The first-order chi connectivity index (χ1) is 9.54. The minimum absolute atomic E-state index is 0.108. The number of benzene rings is 2. The van der Waals surface area contributed by atoms with Gasteiger partial charge in [0.05, 0.1) is 4.47 Å². The van der Waals surface area contributed by atoms with Crippen molar-refractivity contribution < 1.29 is 9.13 Å². The van der Waals surface area contributed by atoms with Crippen LogP contribution < -0.4 is 10.5 Å². The van der Waals surface area contributed by atoms with E-state index in [0.29, 0.717) is 10.9 Å². The summed E-state index contributed by atoms with van der Waals surface area (Å²) in [6.07, 6.45) is 0.407. The number of hydrogen-bond acceptors (Lipinski definition) is 2. The van der Waals surface area contributed by atoms with Gasteiger partial charge in [0.2, 0.25) is 0 Å². The van der Waals surface area contributed by atoms with E-state index in [2.05, 4.69) is 31.9 Å². The van der Waals surface area contributed by atoms with E-state index in [0.717, 1.165) is 21.3 Å². The van der Waals surface area contributed by atoms with Gasteiger partial charge in [-0.25, -0.2) is 4.39 Å². The number of nitrogens with two attached hydrogens (primary N) is 1. The summed E-state index contributed by atoms with van der Waals surface area (Å²) in [5.41, 5.74) is 7.98. The highest BCUT2D eigenvalue weighted by Crippen LogP contribution is 2.41. The van der Waals surface area contributed by atoms with Crippen molar-refractivity contribution in [3.63, 3.8) is 0 Å². The molecule has 1 heterocycles. The van der Waals surface area contributed by atoms with Gasteiger partial charge in [0.15, 0.2) is 0 Å². The number of ether oxygens (including phenoxy) is 1. The Morgan fingerprint density at radius 3 is 2.70 bits per heavy atom. The average molecular weight is 401 g/mol. The molecule has 0 aliphatic carbocycles. The molecule has 3 rings (SSSR count). The molecule has 0 amide bonds. The fraction of sp³-hybridized carbons (Fsp3) is 0.200. The fourth-order valence-electron chi connectivity index (χ4n) is 2.39. The molecule has 104 valence electrons. The maximum atomic E-state index is 13.7. The van der Waals surface area contributed by atoms with Crippen LogP contribution in [0.3, 0.4) is 0 Å². The van der Waals surface area contributed by atoms with Gasteiger partial charge in [-0.1, -0.05) is 28.1 Å². The van der Waals surface area contributed by atoms with Crippen LogP contribution >= 0.6 is 31.9 Å². The monoisotopic (exact) mass is 399 g/mol. The molecule has 0 saturated carbocycles. The minimum Gasteiger partial charge on any atom is -0.485 e. The van der Waals surface area contributed by atoms with Crippen molar-refractivity contribution in [1.82, 2.24) is 0 Å². The van der Waals surface area contributed by atoms with Gasteiger partial charge < -0.3 is 10.5 Å². The van der Waals surface area contributed by atoms with Gasteiger partial charge in [0.25, 0.3) is 0 Å². The molecule has 2 atom stereocenters. The summed E-state index contributed by atoms with van der Waals surface area (Å²) in [6.45, 7) is 0. The standard InChI is InChI=1S/C15H12Br2FNO/c16-9-2-3-10-13(19)7-14(20-15(10)6-9)8-1-4-11(17)12(18)5-8/h1-6,13-14H,7,19H2/t13-,14?/m1/s1. The molecule has 2 aromatic carbocycles. The van der Waals surface area contributed by atoms with Crippen molar-refractivity contribution >= 4 is 31.9 Å². The van der Waals surface area contributed by atoms with Crippen LogP contribution in [0.4, 0.5) is 4.39 Å². The Balaban J connectivity index is 1.96. The van der Waals surface area contributed by atoms with Gasteiger partial charge in [-0.05, 0) is 45.8 Å². The molecule has 0 radical (unpaired) electrons. The Bertz CT molecular complexity index is 662. The smallest absolute Gasteiger partial charge is 0.137 e. The SMILES string of the molecule is N[C@@H]1CC(c2ccc(Br)c(F)c2)Oc2cc(Br)ccc21. The van der Waals surface area contributed by atoms with E-state index in [4.69, 9.17) is 10.5 Å². The Morgan fingerprint density at radius 2 is 1.95 bits per heavy atom. The highest BCUT2D eigenvalue weighted by atomic mass is 79.9. The van der Waals surface area contributed by atoms with E-state index in [-0.39, 0.29) is 18.0 Å². The van der Waals surface area contributed by atoms with Crippen molar-refractivity contribution in [1.29, 1.82) is 0 Å². The molecule has 1 aliphatic heterocycles. The zero-order chi connectivity index (χ0) is 14.3. The number of fused-ring (bicyclic) bond motifs is 1. The zero-order valence-electron chi connectivity index (χ0n) is 10.4. The highest BCUT2D eigenvalue weighted by Gasteiger charge is 2.27. The normalized spacial score (nSPS) is 21.2. The van der Waals surface area contributed by atoms with Crippen LogP contribution in [0.2, 0.25) is 0 Å². The predicted molar refractivity (Wildman–Crippen MR) is 83.2 cm³/mol. The summed E-state index contributed by atoms with van der Waals surface area (Å²) in [7, 11) is 0. The second kappa shape index (κ2) is 5.47. The first-order valence-electron chi connectivity index (χ1n) is 6.21. The molecule has 2 aromatic rings. The number of rotatable bonds is 1. The quantitative estimate of drug-likeness (QED) is 0.740. The van der Waals surface area contributed by atoms with Crippen molar-refractivity contribution in [2.45, 2.75) is 18.6 Å². The summed E-state index contributed by atoms with van der Waals surface area (Å²) in [4.78, 5) is 0. The largest absolute Gasteiger partial charge is 0.485 e. The summed E-state index contributed by atoms with van der Waals surface area (Å²) in [5.74, 6) is 0.464. The van der Waals surface area contributed by atoms with Crippen LogP contribution in [0.15, 0.2) is 45.3 Å². The summed E-state index contributed by atoms with van der Waals surface area (Å²) in [5, 5.41) is 0. The Morgan fingerprint density at radius 1 is 1.15 bits per heavy atom. The fourth-order valence-corrected chi connectivity index (χ4v) is 2.98. The molecule has 5 heteroatoms. The first-order valence-corrected chi connectivity index (χ1v) is 7.80. The Hall–Kier alpha value is -0.910. The molecule has 2 N–H and O–H groups in total. The molecule has 0 saturated heterocycles. The minimum atomic E-state index is -0.292. The Labute approximate surface area is 133 Å². The second-order valence-corrected chi connectivity index (χ2v) is 6.57. The van der Waals surface area contributed by atoms with Crippen molar-refractivity contribution in [3.8, 4) is 5.75 Å². The van der Waals surface area contributed by atoms with Gasteiger partial charge in [0, 0.05) is 22.5 Å². The van der Waals surface area contributed by atoms with Crippen LogP contribution in [0, 0.1) is 5.82 Å². The molecule has 0 aromatic heterocycles. The summed E-state index contributed by atoms with van der Waals surface area (Å²) in [6, 6.07) is 10.7. The van der Waals surface area contributed by atoms with Gasteiger partial charge in [0.1, 0.15) is 17.7 Å². The molecule has 20 heavy (non-hydrogen) atoms. The lowest BCUT2D eigenvalue weighted by atomic mass is 9.93. The molecule has 0 spiro atoms. The third kappa shape index (κ3) is 2.62. The van der Waals surface area contributed by atoms with Crippen LogP contribution in [-0.2, 0) is 0 Å². The van der Waals surface area contributed by atoms with E-state index in [1.165, 1.54) is 6.07 Å². The van der Waals surface area contributed by atoms with Crippen molar-refractivity contribution in [3.05, 3.63) is 62.3 Å². The molecule has 0 fully saturated rings. The highest BCUT2D eigenvalue weighted by molar-refractivity contribution is 9.10. The van der Waals surface area contributed by atoms with Crippen molar-refractivity contribution in [2.24, 2.45) is 5.73 Å².